The Kier molecular flexibility index (Phi) is 14.8. The summed E-state index contributed by atoms with van der Waals surface area (Å²) >= 11 is 0. The third-order valence-electron chi connectivity index (χ3n) is 4.87. The third kappa shape index (κ3) is 11.5. The van der Waals surface area contributed by atoms with E-state index in [1.54, 1.807) is 0 Å². The van der Waals surface area contributed by atoms with Crippen molar-refractivity contribution in [3.05, 3.63) is 0 Å². The van der Waals surface area contributed by atoms with Crippen molar-refractivity contribution in [2.24, 2.45) is 4.99 Å². The van der Waals surface area contributed by atoms with E-state index in [4.69, 9.17) is 4.74 Å². The van der Waals surface area contributed by atoms with Gasteiger partial charge < -0.3 is 15.4 Å². The highest BCUT2D eigenvalue weighted by Crippen LogP contribution is 2.10. The van der Waals surface area contributed by atoms with Crippen LogP contribution in [0.5, 0.6) is 0 Å². The molecule has 1 fully saturated rings. The smallest absolute Gasteiger partial charge is 0.190 e. The molecule has 2 unspecified atom stereocenters. The molecular weight excluding hydrogens is 453 g/mol. The van der Waals surface area contributed by atoms with Crippen molar-refractivity contribution in [2.75, 3.05) is 46.3 Å². The van der Waals surface area contributed by atoms with Crippen LogP contribution >= 0.6 is 24.0 Å². The molecule has 0 radical (unpaired) electrons. The van der Waals surface area contributed by atoms with Gasteiger partial charge in [0.05, 0.1) is 12.2 Å². The van der Waals surface area contributed by atoms with Crippen molar-refractivity contribution in [3.8, 4) is 0 Å². The summed E-state index contributed by atoms with van der Waals surface area (Å²) in [6.07, 6.45) is 2.93. The first-order valence-corrected chi connectivity index (χ1v) is 10.4. The van der Waals surface area contributed by atoms with Crippen LogP contribution in [-0.4, -0.2) is 86.4 Å². The zero-order chi connectivity index (χ0) is 19.5. The van der Waals surface area contributed by atoms with E-state index >= 15 is 0 Å². The lowest BCUT2D eigenvalue weighted by atomic mass is 10.2. The number of nitrogens with zero attached hydrogens (tertiary/aromatic N) is 3. The molecule has 0 saturated carbocycles. The molecule has 2 N–H and O–H groups in total. The number of hydrogen-bond acceptors (Lipinski definition) is 4. The van der Waals surface area contributed by atoms with E-state index in [1.165, 1.54) is 0 Å². The van der Waals surface area contributed by atoms with E-state index in [0.29, 0.717) is 24.3 Å². The normalized spacial score (nSPS) is 21.6. The topological polar surface area (TPSA) is 52.1 Å². The summed E-state index contributed by atoms with van der Waals surface area (Å²) in [5, 5.41) is 6.87. The van der Waals surface area contributed by atoms with Crippen molar-refractivity contribution in [1.82, 2.24) is 20.4 Å². The van der Waals surface area contributed by atoms with E-state index in [9.17, 15) is 0 Å². The monoisotopic (exact) mass is 497 g/mol. The fraction of sp³-hybridized carbons (Fsp3) is 0.950. The molecule has 0 bridgehead atoms. The van der Waals surface area contributed by atoms with Crippen LogP contribution in [0.3, 0.4) is 0 Å². The average Bonchev–Trinajstić information content (AvgIpc) is 2.54. The van der Waals surface area contributed by atoms with Gasteiger partial charge in [-0.25, -0.2) is 0 Å². The molecule has 0 aromatic carbocycles. The fourth-order valence-corrected chi connectivity index (χ4v) is 3.78. The number of aliphatic imine (C=N–C) groups is 1. The summed E-state index contributed by atoms with van der Waals surface area (Å²) in [5.41, 5.74) is 0. The van der Waals surface area contributed by atoms with Gasteiger partial charge >= 0.3 is 0 Å². The molecule has 0 aromatic rings. The predicted octanol–water partition coefficient (Wildman–Crippen LogP) is 2.78. The molecular formula is C20H44IN5O. The van der Waals surface area contributed by atoms with Crippen molar-refractivity contribution in [2.45, 2.75) is 78.7 Å². The van der Waals surface area contributed by atoms with Gasteiger partial charge in [-0.3, -0.25) is 14.8 Å². The van der Waals surface area contributed by atoms with E-state index in [2.05, 4.69) is 67.0 Å². The number of morpholine rings is 1. The third-order valence-corrected chi connectivity index (χ3v) is 4.87. The highest BCUT2D eigenvalue weighted by Gasteiger charge is 2.21. The largest absolute Gasteiger partial charge is 0.373 e. The molecule has 7 heteroatoms. The van der Waals surface area contributed by atoms with Gasteiger partial charge in [-0.05, 0) is 54.4 Å². The minimum absolute atomic E-state index is 0. The van der Waals surface area contributed by atoms with Gasteiger partial charge in [0, 0.05) is 58.4 Å². The highest BCUT2D eigenvalue weighted by atomic mass is 127. The van der Waals surface area contributed by atoms with Crippen LogP contribution in [0.2, 0.25) is 0 Å². The second-order valence-corrected chi connectivity index (χ2v) is 8.08. The van der Waals surface area contributed by atoms with Gasteiger partial charge in [-0.1, -0.05) is 0 Å². The molecule has 1 aliphatic rings. The maximum Gasteiger partial charge on any atom is 0.190 e. The summed E-state index contributed by atoms with van der Waals surface area (Å²) in [5.74, 6) is 0.911. The van der Waals surface area contributed by atoms with Gasteiger partial charge in [0.2, 0.25) is 0 Å². The van der Waals surface area contributed by atoms with Crippen LogP contribution in [0.25, 0.3) is 0 Å². The summed E-state index contributed by atoms with van der Waals surface area (Å²) in [7, 11) is 1.84. The minimum Gasteiger partial charge on any atom is -0.373 e. The summed E-state index contributed by atoms with van der Waals surface area (Å²) in [6, 6.07) is 1.19. The lowest BCUT2D eigenvalue weighted by molar-refractivity contribution is -0.0679. The molecule has 1 saturated heterocycles. The Labute approximate surface area is 184 Å². The first-order valence-electron chi connectivity index (χ1n) is 10.4. The molecule has 6 nitrogen and oxygen atoms in total. The van der Waals surface area contributed by atoms with Crippen molar-refractivity contribution >= 4 is 29.9 Å². The number of hydrogen-bond donors (Lipinski definition) is 2. The molecule has 2 atom stereocenters. The van der Waals surface area contributed by atoms with E-state index in [0.717, 1.165) is 58.1 Å². The highest BCUT2D eigenvalue weighted by molar-refractivity contribution is 14.0. The second-order valence-electron chi connectivity index (χ2n) is 8.08. The lowest BCUT2D eigenvalue weighted by Crippen LogP contribution is -2.46. The van der Waals surface area contributed by atoms with Gasteiger partial charge in [-0.15, -0.1) is 24.0 Å². The zero-order valence-corrected chi connectivity index (χ0v) is 21.0. The van der Waals surface area contributed by atoms with E-state index in [1.807, 2.05) is 7.05 Å². The van der Waals surface area contributed by atoms with Crippen molar-refractivity contribution < 1.29 is 4.74 Å². The van der Waals surface area contributed by atoms with Gasteiger partial charge in [0.15, 0.2) is 5.96 Å². The van der Waals surface area contributed by atoms with E-state index < -0.39 is 0 Å². The molecule has 1 rings (SSSR count). The lowest BCUT2D eigenvalue weighted by Gasteiger charge is -2.35. The second kappa shape index (κ2) is 14.8. The molecule has 27 heavy (non-hydrogen) atoms. The SMILES string of the molecule is CN=C(NCCCN1CC(C)OC(C)C1)NCCCN(C(C)C)C(C)C.I. The number of halogens is 1. The standard InChI is InChI=1S/C20H43N5O.HI/c1-16(2)25(17(3)4)13-9-11-23-20(21-7)22-10-8-12-24-14-18(5)26-19(6)15-24;/h16-19H,8-15H2,1-7H3,(H2,21,22,23);1H. The predicted molar refractivity (Wildman–Crippen MR) is 127 cm³/mol. The number of rotatable bonds is 10. The average molecular weight is 498 g/mol. The van der Waals surface area contributed by atoms with Gasteiger partial charge in [-0.2, -0.15) is 0 Å². The molecule has 1 aliphatic heterocycles. The van der Waals surface area contributed by atoms with Crippen LogP contribution in [0.4, 0.5) is 0 Å². The van der Waals surface area contributed by atoms with Crippen LogP contribution in [0, 0.1) is 0 Å². The van der Waals surface area contributed by atoms with Gasteiger partial charge in [0.1, 0.15) is 0 Å². The zero-order valence-electron chi connectivity index (χ0n) is 18.6. The minimum atomic E-state index is 0. The van der Waals surface area contributed by atoms with E-state index in [-0.39, 0.29) is 24.0 Å². The summed E-state index contributed by atoms with van der Waals surface area (Å²) in [6.45, 7) is 19.6. The molecule has 0 aromatic heterocycles. The maximum atomic E-state index is 5.79. The Hall–Kier alpha value is -0.120. The maximum absolute atomic E-state index is 5.79. The molecule has 1 heterocycles. The Morgan fingerprint density at radius 2 is 1.56 bits per heavy atom. The number of guanidine groups is 1. The number of ether oxygens (including phenoxy) is 1. The molecule has 0 aliphatic carbocycles. The Morgan fingerprint density at radius 1 is 1.04 bits per heavy atom. The Bertz CT molecular complexity index is 388. The van der Waals surface area contributed by atoms with Crippen LogP contribution in [0.1, 0.15) is 54.4 Å². The Morgan fingerprint density at radius 3 is 2.04 bits per heavy atom. The number of nitrogens with one attached hydrogen (secondary N) is 2. The molecule has 0 amide bonds. The summed E-state index contributed by atoms with van der Waals surface area (Å²) < 4.78 is 5.79. The van der Waals surface area contributed by atoms with Crippen LogP contribution in [0.15, 0.2) is 4.99 Å². The van der Waals surface area contributed by atoms with Crippen LogP contribution in [-0.2, 0) is 4.74 Å². The van der Waals surface area contributed by atoms with Crippen LogP contribution < -0.4 is 10.6 Å². The fourth-order valence-electron chi connectivity index (χ4n) is 3.78. The molecule has 0 spiro atoms. The molecule has 162 valence electrons. The quantitative estimate of drug-likeness (QED) is 0.211. The van der Waals surface area contributed by atoms with Gasteiger partial charge in [0.25, 0.3) is 0 Å². The van der Waals surface area contributed by atoms with Crippen molar-refractivity contribution in [1.29, 1.82) is 0 Å². The first-order chi connectivity index (χ1) is 12.3. The first kappa shape index (κ1) is 26.9. The summed E-state index contributed by atoms with van der Waals surface area (Å²) in [4.78, 5) is 9.36. The Balaban J connectivity index is 0.00000676. The van der Waals surface area contributed by atoms with Crippen molar-refractivity contribution in [3.63, 3.8) is 0 Å².